The summed E-state index contributed by atoms with van der Waals surface area (Å²) >= 11 is 0. The second-order valence-electron chi connectivity index (χ2n) is 6.28. The zero-order valence-corrected chi connectivity index (χ0v) is 14.2. The van der Waals surface area contributed by atoms with Crippen molar-refractivity contribution in [2.75, 3.05) is 14.2 Å². The van der Waals surface area contributed by atoms with Crippen LogP contribution in [0, 0.1) is 0 Å². The quantitative estimate of drug-likeness (QED) is 0.853. The number of para-hydroxylation sites is 1. The van der Waals surface area contributed by atoms with Crippen LogP contribution < -0.4 is 4.74 Å². The van der Waals surface area contributed by atoms with Gasteiger partial charge in [-0.1, -0.05) is 25.1 Å². The monoisotopic (exact) mass is 307 g/mol. The molecule has 2 amide bonds. The third kappa shape index (κ3) is 5.06. The highest BCUT2D eigenvalue weighted by Crippen LogP contribution is 2.28. The number of methoxy groups -OCH3 is 1. The molecular weight excluding hydrogens is 282 g/mol. The minimum absolute atomic E-state index is 0.0615. The van der Waals surface area contributed by atoms with Crippen molar-refractivity contribution in [3.8, 4) is 5.75 Å². The van der Waals surface area contributed by atoms with Gasteiger partial charge in [0.05, 0.1) is 7.11 Å². The predicted molar refractivity (Wildman–Crippen MR) is 85.0 cm³/mol. The number of rotatable bonds is 4. The number of hydrogen-bond acceptors (Lipinski definition) is 4. The lowest BCUT2D eigenvalue weighted by Gasteiger charge is -2.24. The minimum atomic E-state index is -0.635. The van der Waals surface area contributed by atoms with Gasteiger partial charge < -0.3 is 9.47 Å². The van der Waals surface area contributed by atoms with E-state index in [1.807, 2.05) is 31.2 Å². The first-order chi connectivity index (χ1) is 10.2. The fraction of sp³-hybridized carbons (Fsp3) is 0.529. The zero-order valence-electron chi connectivity index (χ0n) is 14.2. The van der Waals surface area contributed by atoms with Crippen LogP contribution in [0.2, 0.25) is 0 Å². The molecule has 0 aliphatic heterocycles. The van der Waals surface area contributed by atoms with Crippen LogP contribution in [0.25, 0.3) is 0 Å². The molecule has 22 heavy (non-hydrogen) atoms. The van der Waals surface area contributed by atoms with E-state index < -0.39 is 11.7 Å². The molecule has 0 spiro atoms. The van der Waals surface area contributed by atoms with E-state index in [0.717, 1.165) is 16.2 Å². The SMILES string of the molecule is COc1ccccc1[C@H](C)CC(=O)N(C)C(=O)OC(C)(C)C. The lowest BCUT2D eigenvalue weighted by Crippen LogP contribution is -2.38. The second kappa shape index (κ2) is 7.29. The Hall–Kier alpha value is -2.04. The van der Waals surface area contributed by atoms with Crippen molar-refractivity contribution < 1.29 is 19.1 Å². The molecule has 1 atom stereocenters. The molecule has 0 radical (unpaired) electrons. The third-order valence-electron chi connectivity index (χ3n) is 3.19. The molecule has 0 saturated carbocycles. The van der Waals surface area contributed by atoms with Gasteiger partial charge in [-0.25, -0.2) is 4.79 Å². The van der Waals surface area contributed by atoms with Gasteiger partial charge >= 0.3 is 6.09 Å². The number of carbonyl (C=O) groups excluding carboxylic acids is 2. The fourth-order valence-electron chi connectivity index (χ4n) is 2.01. The summed E-state index contributed by atoms with van der Waals surface area (Å²) in [6.07, 6.45) is -0.430. The first-order valence-electron chi connectivity index (χ1n) is 7.28. The molecule has 5 heteroatoms. The van der Waals surface area contributed by atoms with Gasteiger partial charge in [0, 0.05) is 13.5 Å². The molecule has 5 nitrogen and oxygen atoms in total. The first-order valence-corrected chi connectivity index (χ1v) is 7.28. The fourth-order valence-corrected chi connectivity index (χ4v) is 2.01. The molecule has 0 aliphatic carbocycles. The van der Waals surface area contributed by atoms with Crippen molar-refractivity contribution in [2.45, 2.75) is 45.6 Å². The van der Waals surface area contributed by atoms with Gasteiger partial charge in [0.1, 0.15) is 11.4 Å². The van der Waals surface area contributed by atoms with E-state index in [1.165, 1.54) is 7.05 Å². The predicted octanol–water partition coefficient (Wildman–Crippen LogP) is 3.58. The van der Waals surface area contributed by atoms with E-state index in [4.69, 9.17) is 9.47 Å². The number of amides is 2. The number of ether oxygens (including phenoxy) is 2. The van der Waals surface area contributed by atoms with Crippen molar-refractivity contribution in [1.29, 1.82) is 0 Å². The number of nitrogens with zero attached hydrogens (tertiary/aromatic N) is 1. The Balaban J connectivity index is 2.73. The third-order valence-corrected chi connectivity index (χ3v) is 3.19. The van der Waals surface area contributed by atoms with E-state index in [1.54, 1.807) is 27.9 Å². The molecule has 122 valence electrons. The largest absolute Gasteiger partial charge is 0.496 e. The number of benzene rings is 1. The van der Waals surface area contributed by atoms with E-state index in [0.29, 0.717) is 0 Å². The van der Waals surface area contributed by atoms with Gasteiger partial charge in [-0.3, -0.25) is 9.69 Å². The van der Waals surface area contributed by atoms with Crippen LogP contribution in [0.3, 0.4) is 0 Å². The zero-order chi connectivity index (χ0) is 16.9. The average molecular weight is 307 g/mol. The highest BCUT2D eigenvalue weighted by molar-refractivity contribution is 5.92. The Kier molecular flexibility index (Phi) is 5.97. The summed E-state index contributed by atoms with van der Waals surface area (Å²) in [4.78, 5) is 25.2. The van der Waals surface area contributed by atoms with Crippen molar-refractivity contribution in [3.63, 3.8) is 0 Å². The van der Waals surface area contributed by atoms with Gasteiger partial charge in [0.25, 0.3) is 0 Å². The van der Waals surface area contributed by atoms with Crippen LogP contribution in [-0.2, 0) is 9.53 Å². The molecule has 0 saturated heterocycles. The van der Waals surface area contributed by atoms with Gasteiger partial charge in [-0.2, -0.15) is 0 Å². The number of imide groups is 1. The summed E-state index contributed by atoms with van der Waals surface area (Å²) in [5, 5.41) is 0. The van der Waals surface area contributed by atoms with Crippen molar-refractivity contribution in [3.05, 3.63) is 29.8 Å². The Morgan fingerprint density at radius 1 is 1.23 bits per heavy atom. The van der Waals surface area contributed by atoms with Crippen molar-refractivity contribution in [2.24, 2.45) is 0 Å². The lowest BCUT2D eigenvalue weighted by atomic mass is 9.96. The molecular formula is C17H25NO4. The molecule has 1 aromatic rings. The Labute approximate surface area is 132 Å². The summed E-state index contributed by atoms with van der Waals surface area (Å²) in [7, 11) is 3.03. The van der Waals surface area contributed by atoms with Crippen LogP contribution in [0.1, 0.15) is 45.6 Å². The summed E-state index contributed by atoms with van der Waals surface area (Å²) in [5.41, 5.74) is 0.316. The molecule has 1 rings (SSSR count). The van der Waals surface area contributed by atoms with Crippen LogP contribution in [0.4, 0.5) is 4.79 Å². The van der Waals surface area contributed by atoms with Gasteiger partial charge in [-0.15, -0.1) is 0 Å². The highest BCUT2D eigenvalue weighted by Gasteiger charge is 2.25. The molecule has 0 aliphatic rings. The maximum absolute atomic E-state index is 12.2. The van der Waals surface area contributed by atoms with Crippen LogP contribution in [-0.4, -0.2) is 36.7 Å². The maximum Gasteiger partial charge on any atom is 0.416 e. The van der Waals surface area contributed by atoms with Gasteiger partial charge in [-0.05, 0) is 38.3 Å². The molecule has 0 N–H and O–H groups in total. The van der Waals surface area contributed by atoms with E-state index in [9.17, 15) is 9.59 Å². The van der Waals surface area contributed by atoms with Crippen molar-refractivity contribution in [1.82, 2.24) is 4.90 Å². The minimum Gasteiger partial charge on any atom is -0.496 e. The Morgan fingerprint density at radius 2 is 1.82 bits per heavy atom. The number of hydrogen-bond donors (Lipinski definition) is 0. The van der Waals surface area contributed by atoms with Crippen LogP contribution >= 0.6 is 0 Å². The van der Waals surface area contributed by atoms with Crippen LogP contribution in [0.5, 0.6) is 5.75 Å². The summed E-state index contributed by atoms with van der Waals surface area (Å²) in [6.45, 7) is 7.22. The summed E-state index contributed by atoms with van der Waals surface area (Å²) in [6, 6.07) is 7.55. The summed E-state index contributed by atoms with van der Waals surface area (Å²) in [5.74, 6) is 0.393. The maximum atomic E-state index is 12.2. The molecule has 0 fully saturated rings. The highest BCUT2D eigenvalue weighted by atomic mass is 16.6. The van der Waals surface area contributed by atoms with Gasteiger partial charge in [0.15, 0.2) is 0 Å². The number of carbonyl (C=O) groups is 2. The Morgan fingerprint density at radius 3 is 2.36 bits per heavy atom. The van der Waals surface area contributed by atoms with Gasteiger partial charge in [0.2, 0.25) is 5.91 Å². The molecule has 0 unspecified atom stereocenters. The molecule has 0 heterocycles. The van der Waals surface area contributed by atoms with Crippen LogP contribution in [0.15, 0.2) is 24.3 Å². The molecule has 0 bridgehead atoms. The molecule has 1 aromatic carbocycles. The van der Waals surface area contributed by atoms with Crippen molar-refractivity contribution >= 4 is 12.0 Å². The van der Waals surface area contributed by atoms with E-state index in [2.05, 4.69) is 0 Å². The first kappa shape index (κ1) is 18.0. The van der Waals surface area contributed by atoms with E-state index in [-0.39, 0.29) is 18.2 Å². The normalized spacial score (nSPS) is 12.5. The smallest absolute Gasteiger partial charge is 0.416 e. The topological polar surface area (TPSA) is 55.8 Å². The Bertz CT molecular complexity index is 534. The standard InChI is InChI=1S/C17H25NO4/c1-12(13-9-7-8-10-14(13)21-6)11-15(19)18(5)16(20)22-17(2,3)4/h7-10,12H,11H2,1-6H3/t12-/m1/s1. The average Bonchev–Trinajstić information content (AvgIpc) is 2.44. The summed E-state index contributed by atoms with van der Waals surface area (Å²) < 4.78 is 10.5. The molecule has 0 aromatic heterocycles. The second-order valence-corrected chi connectivity index (χ2v) is 6.28. The van der Waals surface area contributed by atoms with E-state index >= 15 is 0 Å². The lowest BCUT2D eigenvalue weighted by molar-refractivity contribution is -0.129.